The summed E-state index contributed by atoms with van der Waals surface area (Å²) in [5.74, 6) is -0.0557. The largest absolute Gasteiger partial charge is 0.436 e. The summed E-state index contributed by atoms with van der Waals surface area (Å²) < 4.78 is 20.9. The van der Waals surface area contributed by atoms with Crippen molar-refractivity contribution in [2.75, 3.05) is 12.4 Å². The standard InChI is InChI=1S/C23H21FN6O2/c1-13-7-14(3-6-18(13)23(31)28-16-4-5-16)20-12-27-22-19(25-2)9-21(29-30(20)22)32-17-8-15(24)10-26-11-17/h3,6-12,16,25H,4-5H2,1-2H3,(H,28,31). The number of anilines is 1. The first-order valence-corrected chi connectivity index (χ1v) is 10.3. The van der Waals surface area contributed by atoms with Gasteiger partial charge in [-0.3, -0.25) is 9.78 Å². The van der Waals surface area contributed by atoms with Crippen molar-refractivity contribution in [2.45, 2.75) is 25.8 Å². The third-order valence-electron chi connectivity index (χ3n) is 5.30. The number of carbonyl (C=O) groups is 1. The molecular formula is C23H21FN6O2. The molecule has 1 aliphatic rings. The van der Waals surface area contributed by atoms with E-state index in [9.17, 15) is 9.18 Å². The summed E-state index contributed by atoms with van der Waals surface area (Å²) in [6.45, 7) is 1.91. The SMILES string of the molecule is CNc1cc(Oc2cncc(F)c2)nn2c(-c3ccc(C(=O)NC4CC4)c(C)c3)cnc12. The van der Waals surface area contributed by atoms with Gasteiger partial charge in [0.25, 0.3) is 5.91 Å². The van der Waals surface area contributed by atoms with Gasteiger partial charge in [0.2, 0.25) is 5.88 Å². The number of aromatic nitrogens is 4. The fourth-order valence-electron chi connectivity index (χ4n) is 3.51. The number of hydrogen-bond donors (Lipinski definition) is 2. The maximum Gasteiger partial charge on any atom is 0.251 e. The first-order valence-electron chi connectivity index (χ1n) is 10.3. The predicted molar refractivity (Wildman–Crippen MR) is 117 cm³/mol. The van der Waals surface area contributed by atoms with Crippen LogP contribution in [0.2, 0.25) is 0 Å². The highest BCUT2D eigenvalue weighted by Crippen LogP contribution is 2.29. The van der Waals surface area contributed by atoms with Gasteiger partial charge in [-0.1, -0.05) is 6.07 Å². The fraction of sp³-hybridized carbons (Fsp3) is 0.217. The molecule has 5 rings (SSSR count). The second kappa shape index (κ2) is 7.92. The molecule has 1 aliphatic carbocycles. The molecule has 0 bridgehead atoms. The van der Waals surface area contributed by atoms with E-state index in [0.717, 1.165) is 35.9 Å². The second-order valence-electron chi connectivity index (χ2n) is 7.74. The van der Waals surface area contributed by atoms with Crippen molar-refractivity contribution < 1.29 is 13.9 Å². The average Bonchev–Trinajstić information content (AvgIpc) is 3.48. The van der Waals surface area contributed by atoms with Crippen molar-refractivity contribution in [3.05, 3.63) is 65.9 Å². The van der Waals surface area contributed by atoms with E-state index in [1.54, 1.807) is 23.8 Å². The van der Waals surface area contributed by atoms with E-state index in [1.807, 2.05) is 25.1 Å². The van der Waals surface area contributed by atoms with Crippen molar-refractivity contribution in [1.82, 2.24) is 24.9 Å². The molecule has 4 aromatic rings. The summed E-state index contributed by atoms with van der Waals surface area (Å²) >= 11 is 0. The third kappa shape index (κ3) is 3.84. The highest BCUT2D eigenvalue weighted by molar-refractivity contribution is 5.96. The Hall–Kier alpha value is -4.01. The van der Waals surface area contributed by atoms with Gasteiger partial charge in [0.15, 0.2) is 11.4 Å². The van der Waals surface area contributed by atoms with Gasteiger partial charge >= 0.3 is 0 Å². The van der Waals surface area contributed by atoms with E-state index >= 15 is 0 Å². The molecule has 0 atom stereocenters. The molecule has 1 amide bonds. The number of rotatable bonds is 6. The van der Waals surface area contributed by atoms with Gasteiger partial charge in [-0.25, -0.2) is 13.9 Å². The van der Waals surface area contributed by atoms with Crippen molar-refractivity contribution in [3.63, 3.8) is 0 Å². The summed E-state index contributed by atoms with van der Waals surface area (Å²) in [6, 6.07) is 8.87. The Morgan fingerprint density at radius 3 is 2.75 bits per heavy atom. The Balaban J connectivity index is 1.52. The number of nitrogens with one attached hydrogen (secondary N) is 2. The van der Waals surface area contributed by atoms with E-state index in [0.29, 0.717) is 22.9 Å². The lowest BCUT2D eigenvalue weighted by molar-refractivity contribution is 0.0950. The lowest BCUT2D eigenvalue weighted by Crippen LogP contribution is -2.26. The Morgan fingerprint density at radius 1 is 1.19 bits per heavy atom. The normalized spacial score (nSPS) is 13.2. The van der Waals surface area contributed by atoms with E-state index in [4.69, 9.17) is 4.74 Å². The first-order chi connectivity index (χ1) is 15.5. The van der Waals surface area contributed by atoms with Crippen LogP contribution in [0.15, 0.2) is 48.9 Å². The molecule has 3 aromatic heterocycles. The van der Waals surface area contributed by atoms with Crippen LogP contribution >= 0.6 is 0 Å². The van der Waals surface area contributed by atoms with Crippen molar-refractivity contribution in [1.29, 1.82) is 0 Å². The molecule has 8 nitrogen and oxygen atoms in total. The minimum Gasteiger partial charge on any atom is -0.436 e. The van der Waals surface area contributed by atoms with Crippen LogP contribution in [-0.4, -0.2) is 38.6 Å². The van der Waals surface area contributed by atoms with E-state index in [-0.39, 0.29) is 17.5 Å². The van der Waals surface area contributed by atoms with Crippen molar-refractivity contribution in [2.24, 2.45) is 0 Å². The Kier molecular flexibility index (Phi) is 4.93. The second-order valence-corrected chi connectivity index (χ2v) is 7.74. The summed E-state index contributed by atoms with van der Waals surface area (Å²) in [5.41, 5.74) is 4.42. The van der Waals surface area contributed by atoms with E-state index < -0.39 is 5.82 Å². The van der Waals surface area contributed by atoms with Crippen LogP contribution < -0.4 is 15.4 Å². The van der Waals surface area contributed by atoms with Crippen LogP contribution in [0, 0.1) is 12.7 Å². The van der Waals surface area contributed by atoms with Gasteiger partial charge in [-0.05, 0) is 37.5 Å². The highest BCUT2D eigenvalue weighted by Gasteiger charge is 2.24. The van der Waals surface area contributed by atoms with Crippen molar-refractivity contribution in [3.8, 4) is 22.9 Å². The number of fused-ring (bicyclic) bond motifs is 1. The number of imidazole rings is 1. The number of amides is 1. The van der Waals surface area contributed by atoms with Gasteiger partial charge in [0.05, 0.1) is 30.0 Å². The van der Waals surface area contributed by atoms with Crippen LogP contribution in [-0.2, 0) is 0 Å². The van der Waals surface area contributed by atoms with Gasteiger partial charge in [0, 0.05) is 36.3 Å². The zero-order valence-corrected chi connectivity index (χ0v) is 17.6. The quantitative estimate of drug-likeness (QED) is 0.479. The molecule has 32 heavy (non-hydrogen) atoms. The number of ether oxygens (including phenoxy) is 1. The zero-order chi connectivity index (χ0) is 22.2. The van der Waals surface area contributed by atoms with Gasteiger partial charge in [0.1, 0.15) is 5.82 Å². The maximum absolute atomic E-state index is 13.5. The lowest BCUT2D eigenvalue weighted by Gasteiger charge is -2.11. The molecule has 0 radical (unpaired) electrons. The lowest BCUT2D eigenvalue weighted by atomic mass is 10.0. The maximum atomic E-state index is 13.5. The fourth-order valence-corrected chi connectivity index (χ4v) is 3.51. The Bertz CT molecular complexity index is 1330. The minimum absolute atomic E-state index is 0.0512. The van der Waals surface area contributed by atoms with Crippen LogP contribution in [0.4, 0.5) is 10.1 Å². The van der Waals surface area contributed by atoms with Crippen LogP contribution in [0.1, 0.15) is 28.8 Å². The molecule has 0 unspecified atom stereocenters. The molecular weight excluding hydrogens is 411 g/mol. The van der Waals surface area contributed by atoms with Gasteiger partial charge in [-0.15, -0.1) is 5.10 Å². The number of aryl methyl sites for hydroxylation is 1. The van der Waals surface area contributed by atoms with E-state index in [2.05, 4.69) is 25.7 Å². The highest BCUT2D eigenvalue weighted by atomic mass is 19.1. The molecule has 9 heteroatoms. The number of halogens is 1. The monoisotopic (exact) mass is 432 g/mol. The van der Waals surface area contributed by atoms with E-state index in [1.165, 1.54) is 12.3 Å². The van der Waals surface area contributed by atoms with Crippen LogP contribution in [0.3, 0.4) is 0 Å². The Labute approximate surface area is 183 Å². The number of benzene rings is 1. The molecule has 3 heterocycles. The summed E-state index contributed by atoms with van der Waals surface area (Å²) in [5, 5.41) is 10.6. The van der Waals surface area contributed by atoms with Crippen LogP contribution in [0.25, 0.3) is 16.9 Å². The average molecular weight is 432 g/mol. The molecule has 1 saturated carbocycles. The smallest absolute Gasteiger partial charge is 0.251 e. The van der Waals surface area contributed by atoms with Crippen molar-refractivity contribution >= 4 is 17.2 Å². The zero-order valence-electron chi connectivity index (χ0n) is 17.6. The first kappa shape index (κ1) is 19.9. The summed E-state index contributed by atoms with van der Waals surface area (Å²) in [4.78, 5) is 20.7. The molecule has 1 aromatic carbocycles. The number of carbonyl (C=O) groups excluding carboxylic acids is 1. The third-order valence-corrected chi connectivity index (χ3v) is 5.30. The number of hydrogen-bond acceptors (Lipinski definition) is 6. The summed E-state index contributed by atoms with van der Waals surface area (Å²) in [7, 11) is 1.77. The molecule has 0 spiro atoms. The molecule has 0 aliphatic heterocycles. The Morgan fingerprint density at radius 2 is 2.03 bits per heavy atom. The van der Waals surface area contributed by atoms with Crippen LogP contribution in [0.5, 0.6) is 11.6 Å². The minimum atomic E-state index is -0.498. The predicted octanol–water partition coefficient (Wildman–Crippen LogP) is 3.97. The van der Waals surface area contributed by atoms with Gasteiger partial charge in [-0.2, -0.15) is 0 Å². The molecule has 162 valence electrons. The number of pyridine rings is 1. The molecule has 0 saturated heterocycles. The molecule has 1 fully saturated rings. The molecule has 2 N–H and O–H groups in total. The topological polar surface area (TPSA) is 93.4 Å². The number of nitrogens with zero attached hydrogens (tertiary/aromatic N) is 4. The van der Waals surface area contributed by atoms with Gasteiger partial charge < -0.3 is 15.4 Å². The summed E-state index contributed by atoms with van der Waals surface area (Å²) in [6.07, 6.45) is 6.32.